The highest BCUT2D eigenvalue weighted by Gasteiger charge is 2.26. The number of fused-ring (bicyclic) bond motifs is 1. The van der Waals surface area contributed by atoms with Crippen LogP contribution in [0.1, 0.15) is 17.7 Å². The second-order valence-electron chi connectivity index (χ2n) is 6.11. The van der Waals surface area contributed by atoms with Gasteiger partial charge in [0.05, 0.1) is 12.2 Å². The molecule has 0 aliphatic heterocycles. The summed E-state index contributed by atoms with van der Waals surface area (Å²) in [5.41, 5.74) is 1.59. The number of ether oxygens (including phenoxy) is 1. The van der Waals surface area contributed by atoms with Crippen LogP contribution in [0, 0.1) is 11.7 Å². The van der Waals surface area contributed by atoms with Gasteiger partial charge in [0.25, 0.3) is 5.56 Å². The van der Waals surface area contributed by atoms with Crippen molar-refractivity contribution in [3.8, 4) is 5.75 Å². The molecule has 0 bridgehead atoms. The van der Waals surface area contributed by atoms with Gasteiger partial charge in [-0.3, -0.25) is 9.59 Å². The molecule has 132 valence electrons. The van der Waals surface area contributed by atoms with Gasteiger partial charge < -0.3 is 10.1 Å². The molecule has 2 aromatic rings. The Morgan fingerprint density at radius 2 is 2.16 bits per heavy atom. The van der Waals surface area contributed by atoms with Gasteiger partial charge in [0.2, 0.25) is 5.91 Å². The summed E-state index contributed by atoms with van der Waals surface area (Å²) < 4.78 is 19.6. The number of carbonyl (C=O) groups excluding carboxylic acids is 1. The van der Waals surface area contributed by atoms with E-state index in [1.54, 1.807) is 25.2 Å². The first-order chi connectivity index (χ1) is 12.0. The van der Waals surface area contributed by atoms with Crippen LogP contribution in [0.5, 0.6) is 5.75 Å². The summed E-state index contributed by atoms with van der Waals surface area (Å²) >= 11 is 0. The van der Waals surface area contributed by atoms with Gasteiger partial charge >= 0.3 is 0 Å². The molecule has 0 saturated carbocycles. The lowest BCUT2D eigenvalue weighted by molar-refractivity contribution is -0.125. The number of hydrogen-bond acceptors (Lipinski definition) is 4. The van der Waals surface area contributed by atoms with Crippen LogP contribution in [-0.2, 0) is 24.7 Å². The van der Waals surface area contributed by atoms with Crippen LogP contribution in [0.25, 0.3) is 0 Å². The maximum absolute atomic E-state index is 12.8. The van der Waals surface area contributed by atoms with Crippen molar-refractivity contribution in [1.29, 1.82) is 0 Å². The van der Waals surface area contributed by atoms with E-state index in [1.807, 2.05) is 0 Å². The van der Waals surface area contributed by atoms with E-state index >= 15 is 0 Å². The van der Waals surface area contributed by atoms with E-state index in [2.05, 4.69) is 10.4 Å². The second-order valence-corrected chi connectivity index (χ2v) is 6.11. The van der Waals surface area contributed by atoms with Crippen LogP contribution in [-0.4, -0.2) is 28.8 Å². The van der Waals surface area contributed by atoms with Crippen molar-refractivity contribution < 1.29 is 13.9 Å². The van der Waals surface area contributed by atoms with E-state index < -0.39 is 0 Å². The first kappa shape index (κ1) is 17.1. The number of carbonyl (C=O) groups is 1. The summed E-state index contributed by atoms with van der Waals surface area (Å²) in [4.78, 5) is 24.0. The number of benzene rings is 1. The van der Waals surface area contributed by atoms with Crippen LogP contribution in [0.3, 0.4) is 0 Å². The summed E-state index contributed by atoms with van der Waals surface area (Å²) in [6, 6.07) is 7.31. The van der Waals surface area contributed by atoms with E-state index in [9.17, 15) is 14.0 Å². The number of halogens is 1. The van der Waals surface area contributed by atoms with Crippen molar-refractivity contribution in [2.75, 3.05) is 13.2 Å². The number of aromatic nitrogens is 2. The van der Waals surface area contributed by atoms with Gasteiger partial charge in [-0.15, -0.1) is 0 Å². The van der Waals surface area contributed by atoms with E-state index in [0.29, 0.717) is 38.2 Å². The zero-order chi connectivity index (χ0) is 17.8. The molecule has 3 rings (SSSR count). The predicted octanol–water partition coefficient (Wildman–Crippen LogP) is 1.22. The lowest BCUT2D eigenvalue weighted by atomic mass is 9.86. The zero-order valence-corrected chi connectivity index (χ0v) is 14.0. The molecule has 1 unspecified atom stereocenters. The normalized spacial score (nSPS) is 16.2. The third-order valence-corrected chi connectivity index (χ3v) is 4.31. The Kier molecular flexibility index (Phi) is 5.11. The molecule has 1 aliphatic carbocycles. The Balaban J connectivity index is 1.48. The third kappa shape index (κ3) is 4.23. The summed E-state index contributed by atoms with van der Waals surface area (Å²) in [5.74, 6) is 0.0352. The number of aryl methyl sites for hydroxylation is 2. The van der Waals surface area contributed by atoms with Gasteiger partial charge in [-0.1, -0.05) is 0 Å². The quantitative estimate of drug-likeness (QED) is 0.827. The molecule has 0 spiro atoms. The first-order valence-corrected chi connectivity index (χ1v) is 8.25. The van der Waals surface area contributed by atoms with Crippen LogP contribution in [0.2, 0.25) is 0 Å². The molecule has 1 aromatic heterocycles. The molecule has 0 saturated heterocycles. The fourth-order valence-electron chi connectivity index (χ4n) is 2.93. The molecule has 1 amide bonds. The van der Waals surface area contributed by atoms with Crippen molar-refractivity contribution in [2.24, 2.45) is 13.0 Å². The molecular weight excluding hydrogens is 325 g/mol. The smallest absolute Gasteiger partial charge is 0.266 e. The Hall–Kier alpha value is -2.70. The molecule has 25 heavy (non-hydrogen) atoms. The van der Waals surface area contributed by atoms with Gasteiger partial charge in [0.15, 0.2) is 0 Å². The summed E-state index contributed by atoms with van der Waals surface area (Å²) in [6.45, 7) is 0.678. The molecular formula is C18H20FN3O3. The largest absolute Gasteiger partial charge is 0.492 e. The summed E-state index contributed by atoms with van der Waals surface area (Å²) in [7, 11) is 1.63. The Morgan fingerprint density at radius 1 is 1.40 bits per heavy atom. The monoisotopic (exact) mass is 345 g/mol. The van der Waals surface area contributed by atoms with E-state index in [4.69, 9.17) is 4.74 Å². The van der Waals surface area contributed by atoms with Crippen LogP contribution < -0.4 is 15.6 Å². The van der Waals surface area contributed by atoms with Crippen molar-refractivity contribution >= 4 is 5.91 Å². The van der Waals surface area contributed by atoms with Gasteiger partial charge in [-0.25, -0.2) is 9.07 Å². The number of nitrogens with one attached hydrogen (secondary N) is 1. The SMILES string of the molecule is Cn1nc2c(cc1=O)CC(C(=O)NCCOc1ccc(F)cc1)CC2. The minimum absolute atomic E-state index is 0.0472. The highest BCUT2D eigenvalue weighted by molar-refractivity contribution is 5.79. The lowest BCUT2D eigenvalue weighted by Crippen LogP contribution is -2.37. The summed E-state index contributed by atoms with van der Waals surface area (Å²) in [5, 5.41) is 7.10. The molecule has 1 N–H and O–H groups in total. The lowest BCUT2D eigenvalue weighted by Gasteiger charge is -2.23. The van der Waals surface area contributed by atoms with Crippen LogP contribution >= 0.6 is 0 Å². The Labute approximate surface area is 144 Å². The maximum atomic E-state index is 12.8. The molecule has 1 aromatic carbocycles. The number of nitrogens with zero attached hydrogens (tertiary/aromatic N) is 2. The summed E-state index contributed by atoms with van der Waals surface area (Å²) in [6.07, 6.45) is 1.93. The second kappa shape index (κ2) is 7.46. The van der Waals surface area contributed by atoms with Crippen LogP contribution in [0.4, 0.5) is 4.39 Å². The molecule has 1 aliphatic rings. The molecule has 7 heteroatoms. The van der Waals surface area contributed by atoms with Crippen molar-refractivity contribution in [1.82, 2.24) is 15.1 Å². The molecule has 0 fully saturated rings. The van der Waals surface area contributed by atoms with E-state index in [0.717, 1.165) is 11.3 Å². The van der Waals surface area contributed by atoms with Gasteiger partial charge in [0.1, 0.15) is 18.2 Å². The van der Waals surface area contributed by atoms with Gasteiger partial charge in [-0.05, 0) is 49.1 Å². The average Bonchev–Trinajstić information content (AvgIpc) is 2.60. The van der Waals surface area contributed by atoms with Crippen molar-refractivity contribution in [3.63, 3.8) is 0 Å². The van der Waals surface area contributed by atoms with E-state index in [-0.39, 0.29) is 23.2 Å². The van der Waals surface area contributed by atoms with Gasteiger partial charge in [0, 0.05) is 19.0 Å². The van der Waals surface area contributed by atoms with Gasteiger partial charge in [-0.2, -0.15) is 5.10 Å². The van der Waals surface area contributed by atoms with E-state index in [1.165, 1.54) is 16.8 Å². The average molecular weight is 345 g/mol. The van der Waals surface area contributed by atoms with Crippen molar-refractivity contribution in [3.05, 3.63) is 57.8 Å². The van der Waals surface area contributed by atoms with Crippen LogP contribution in [0.15, 0.2) is 35.1 Å². The maximum Gasteiger partial charge on any atom is 0.266 e. The molecule has 1 atom stereocenters. The first-order valence-electron chi connectivity index (χ1n) is 8.25. The molecule has 0 radical (unpaired) electrons. The fourth-order valence-corrected chi connectivity index (χ4v) is 2.93. The minimum Gasteiger partial charge on any atom is -0.492 e. The topological polar surface area (TPSA) is 73.2 Å². The fraction of sp³-hybridized carbons (Fsp3) is 0.389. The number of amides is 1. The third-order valence-electron chi connectivity index (χ3n) is 4.31. The standard InChI is InChI=1S/C18H20FN3O3/c1-22-17(23)11-13-10-12(2-7-16(13)21-22)18(24)20-8-9-25-15-5-3-14(19)4-6-15/h3-6,11-12H,2,7-10H2,1H3,(H,20,24). The minimum atomic E-state index is -0.317. The zero-order valence-electron chi connectivity index (χ0n) is 14.0. The molecule has 6 nitrogen and oxygen atoms in total. The highest BCUT2D eigenvalue weighted by Crippen LogP contribution is 2.23. The predicted molar refractivity (Wildman–Crippen MR) is 89.9 cm³/mol. The Bertz CT molecular complexity index is 817. The number of hydrogen-bond donors (Lipinski definition) is 1. The Morgan fingerprint density at radius 3 is 2.92 bits per heavy atom. The van der Waals surface area contributed by atoms with Crippen molar-refractivity contribution in [2.45, 2.75) is 19.3 Å². The number of rotatable bonds is 5. The highest BCUT2D eigenvalue weighted by atomic mass is 19.1. The molecule has 1 heterocycles.